The van der Waals surface area contributed by atoms with Crippen molar-refractivity contribution >= 4 is 46.7 Å². The van der Waals surface area contributed by atoms with Gasteiger partial charge in [-0.3, -0.25) is 9.59 Å². The topological polar surface area (TPSA) is 81.7 Å². The molecule has 6 nitrogen and oxygen atoms in total. The highest BCUT2D eigenvalue weighted by molar-refractivity contribution is 7.99. The number of rotatable bonds is 5. The molecular formula is C19H16ClNO5S. The van der Waals surface area contributed by atoms with Crippen LogP contribution in [-0.2, 0) is 9.53 Å². The van der Waals surface area contributed by atoms with Crippen LogP contribution in [0.4, 0.5) is 5.69 Å². The van der Waals surface area contributed by atoms with Crippen molar-refractivity contribution in [3.63, 3.8) is 0 Å². The number of anilines is 1. The molecule has 1 N–H and O–H groups in total. The van der Waals surface area contributed by atoms with Gasteiger partial charge in [-0.1, -0.05) is 11.6 Å². The van der Waals surface area contributed by atoms with Crippen LogP contribution in [0.15, 0.2) is 41.3 Å². The van der Waals surface area contributed by atoms with E-state index in [1.807, 2.05) is 0 Å². The summed E-state index contributed by atoms with van der Waals surface area (Å²) >= 11 is 7.54. The third-order valence-electron chi connectivity index (χ3n) is 3.88. The van der Waals surface area contributed by atoms with Crippen molar-refractivity contribution in [3.05, 3.63) is 52.5 Å². The summed E-state index contributed by atoms with van der Waals surface area (Å²) in [5.74, 6) is 0.0101. The number of ether oxygens (including phenoxy) is 2. The van der Waals surface area contributed by atoms with Crippen molar-refractivity contribution in [2.45, 2.75) is 11.3 Å². The maximum absolute atomic E-state index is 12.3. The Bertz CT molecular complexity index is 915. The monoisotopic (exact) mass is 405 g/mol. The van der Waals surface area contributed by atoms with Crippen molar-refractivity contribution in [2.24, 2.45) is 0 Å². The lowest BCUT2D eigenvalue weighted by Crippen LogP contribution is -2.15. The molecule has 0 fully saturated rings. The molecule has 27 heavy (non-hydrogen) atoms. The predicted molar refractivity (Wildman–Crippen MR) is 103 cm³/mol. The van der Waals surface area contributed by atoms with Crippen molar-refractivity contribution in [3.8, 4) is 5.75 Å². The van der Waals surface area contributed by atoms with Crippen LogP contribution >= 0.6 is 23.4 Å². The Balaban J connectivity index is 1.66. The van der Waals surface area contributed by atoms with E-state index in [9.17, 15) is 14.4 Å². The van der Waals surface area contributed by atoms with E-state index in [4.69, 9.17) is 21.1 Å². The molecule has 1 aliphatic heterocycles. The highest BCUT2D eigenvalue weighted by Gasteiger charge is 2.18. The third-order valence-corrected chi connectivity index (χ3v) is 5.25. The van der Waals surface area contributed by atoms with E-state index in [-0.39, 0.29) is 17.3 Å². The van der Waals surface area contributed by atoms with Gasteiger partial charge in [0.2, 0.25) is 5.91 Å². The van der Waals surface area contributed by atoms with E-state index in [0.29, 0.717) is 34.2 Å². The van der Waals surface area contributed by atoms with Crippen molar-refractivity contribution in [1.29, 1.82) is 0 Å². The van der Waals surface area contributed by atoms with E-state index < -0.39 is 12.6 Å². The van der Waals surface area contributed by atoms with E-state index in [0.717, 1.165) is 4.90 Å². The number of Topliss-reactive ketones (excluding diaryl/α,β-unsaturated/α-hetero) is 1. The highest BCUT2D eigenvalue weighted by atomic mass is 35.5. The van der Waals surface area contributed by atoms with Crippen LogP contribution in [0.5, 0.6) is 5.75 Å². The summed E-state index contributed by atoms with van der Waals surface area (Å²) < 4.78 is 10.1. The number of thioether (sulfide) groups is 1. The molecule has 1 aliphatic rings. The van der Waals surface area contributed by atoms with Gasteiger partial charge in [0.1, 0.15) is 5.75 Å². The second-order valence-corrected chi connectivity index (χ2v) is 7.25. The van der Waals surface area contributed by atoms with Crippen LogP contribution in [-0.4, -0.2) is 37.1 Å². The summed E-state index contributed by atoms with van der Waals surface area (Å²) in [4.78, 5) is 37.0. The minimum absolute atomic E-state index is 0.0988. The van der Waals surface area contributed by atoms with Crippen molar-refractivity contribution in [1.82, 2.24) is 0 Å². The predicted octanol–water partition coefficient (Wildman–Crippen LogP) is 3.82. The standard InChI is InChI=1S/C19H16ClNO5S/c1-25-16-4-2-11(8-13(16)20)15(22)10-26-19(24)12-3-5-17-14(9-12)21-18(23)6-7-27-17/h2-5,8-9H,6-7,10H2,1H3,(H,21,23). The lowest BCUT2D eigenvalue weighted by atomic mass is 10.1. The number of ketones is 1. The second-order valence-electron chi connectivity index (χ2n) is 5.71. The zero-order valence-electron chi connectivity index (χ0n) is 14.4. The Hall–Kier alpha value is -2.51. The number of nitrogens with one attached hydrogen (secondary N) is 1. The minimum Gasteiger partial charge on any atom is -0.495 e. The first-order valence-electron chi connectivity index (χ1n) is 8.08. The molecular weight excluding hydrogens is 390 g/mol. The van der Waals surface area contributed by atoms with Crippen LogP contribution < -0.4 is 10.1 Å². The molecule has 0 unspecified atom stereocenters. The summed E-state index contributed by atoms with van der Waals surface area (Å²) in [7, 11) is 1.48. The van der Waals surface area contributed by atoms with Gasteiger partial charge in [0.25, 0.3) is 0 Å². The van der Waals surface area contributed by atoms with Gasteiger partial charge in [-0.05, 0) is 36.4 Å². The van der Waals surface area contributed by atoms with Crippen LogP contribution in [0.1, 0.15) is 27.1 Å². The van der Waals surface area contributed by atoms with Gasteiger partial charge >= 0.3 is 5.97 Å². The van der Waals surface area contributed by atoms with E-state index in [1.54, 1.807) is 42.1 Å². The molecule has 0 atom stereocenters. The summed E-state index contributed by atoms with van der Waals surface area (Å²) in [6, 6.07) is 9.52. The molecule has 8 heteroatoms. The molecule has 1 amide bonds. The molecule has 3 rings (SSSR count). The first-order valence-corrected chi connectivity index (χ1v) is 9.45. The Labute approximate surface area is 165 Å². The molecule has 140 valence electrons. The fourth-order valence-electron chi connectivity index (χ4n) is 2.48. The zero-order chi connectivity index (χ0) is 19.4. The number of benzene rings is 2. The molecule has 0 saturated heterocycles. The molecule has 2 aromatic carbocycles. The van der Waals surface area contributed by atoms with Crippen molar-refractivity contribution < 1.29 is 23.9 Å². The molecule has 0 aliphatic carbocycles. The number of carbonyl (C=O) groups excluding carboxylic acids is 3. The Kier molecular flexibility index (Phi) is 6.03. The molecule has 0 saturated carbocycles. The fraction of sp³-hybridized carbons (Fsp3) is 0.211. The smallest absolute Gasteiger partial charge is 0.338 e. The number of carbonyl (C=O) groups is 3. The lowest BCUT2D eigenvalue weighted by Gasteiger charge is -2.09. The van der Waals surface area contributed by atoms with Crippen LogP contribution in [0.3, 0.4) is 0 Å². The Morgan fingerprint density at radius 3 is 2.70 bits per heavy atom. The number of methoxy groups -OCH3 is 1. The molecule has 0 radical (unpaired) electrons. The number of esters is 1. The molecule has 1 heterocycles. The van der Waals surface area contributed by atoms with Crippen LogP contribution in [0.2, 0.25) is 5.02 Å². The van der Waals surface area contributed by atoms with Gasteiger partial charge in [0.05, 0.1) is 23.4 Å². The van der Waals surface area contributed by atoms with Gasteiger partial charge in [-0.25, -0.2) is 4.79 Å². The maximum Gasteiger partial charge on any atom is 0.338 e. The first kappa shape index (κ1) is 19.3. The molecule has 0 spiro atoms. The van der Waals surface area contributed by atoms with E-state index in [2.05, 4.69) is 5.32 Å². The average molecular weight is 406 g/mol. The fourth-order valence-corrected chi connectivity index (χ4v) is 3.68. The number of halogens is 1. The number of hydrogen-bond donors (Lipinski definition) is 1. The van der Waals surface area contributed by atoms with Gasteiger partial charge in [0, 0.05) is 22.6 Å². The van der Waals surface area contributed by atoms with Gasteiger partial charge < -0.3 is 14.8 Å². The van der Waals surface area contributed by atoms with E-state index in [1.165, 1.54) is 13.2 Å². The minimum atomic E-state index is -0.644. The highest BCUT2D eigenvalue weighted by Crippen LogP contribution is 2.31. The normalized spacial score (nSPS) is 13.2. The van der Waals surface area contributed by atoms with Gasteiger partial charge in [-0.15, -0.1) is 11.8 Å². The number of fused-ring (bicyclic) bond motifs is 1. The van der Waals surface area contributed by atoms with Crippen molar-refractivity contribution in [2.75, 3.05) is 24.8 Å². The second kappa shape index (κ2) is 8.45. The van der Waals surface area contributed by atoms with E-state index >= 15 is 0 Å². The Morgan fingerprint density at radius 1 is 1.19 bits per heavy atom. The Morgan fingerprint density at radius 2 is 1.96 bits per heavy atom. The zero-order valence-corrected chi connectivity index (χ0v) is 16.0. The quantitative estimate of drug-likeness (QED) is 0.601. The number of hydrogen-bond acceptors (Lipinski definition) is 6. The number of amides is 1. The van der Waals surface area contributed by atoms with Crippen LogP contribution in [0.25, 0.3) is 0 Å². The summed E-state index contributed by atoms with van der Waals surface area (Å²) in [5, 5.41) is 3.06. The summed E-state index contributed by atoms with van der Waals surface area (Å²) in [5.41, 5.74) is 1.15. The largest absolute Gasteiger partial charge is 0.495 e. The van der Waals surface area contributed by atoms with Gasteiger partial charge in [0.15, 0.2) is 12.4 Å². The molecule has 0 bridgehead atoms. The molecule has 2 aromatic rings. The average Bonchev–Trinajstić information content (AvgIpc) is 2.85. The maximum atomic E-state index is 12.3. The first-order chi connectivity index (χ1) is 13.0. The third kappa shape index (κ3) is 4.61. The molecule has 0 aromatic heterocycles. The summed E-state index contributed by atoms with van der Waals surface area (Å²) in [6.45, 7) is -0.417. The lowest BCUT2D eigenvalue weighted by molar-refractivity contribution is -0.115. The SMILES string of the molecule is COc1ccc(C(=O)COC(=O)c2ccc3c(c2)NC(=O)CCS3)cc1Cl. The summed E-state index contributed by atoms with van der Waals surface area (Å²) in [6.07, 6.45) is 0.415. The van der Waals surface area contributed by atoms with Gasteiger partial charge in [-0.2, -0.15) is 0 Å². The van der Waals surface area contributed by atoms with Crippen LogP contribution in [0, 0.1) is 0 Å².